The van der Waals surface area contributed by atoms with Crippen molar-refractivity contribution in [3.05, 3.63) is 28.3 Å². The van der Waals surface area contributed by atoms with E-state index in [9.17, 15) is 4.79 Å². The van der Waals surface area contributed by atoms with Gasteiger partial charge in [-0.05, 0) is 62.8 Å². The molecular weight excluding hydrogens is 268 g/mol. The first-order chi connectivity index (χ1) is 9.82. The molecule has 1 aromatic rings. The quantitative estimate of drug-likeness (QED) is 0.847. The van der Waals surface area contributed by atoms with Gasteiger partial charge in [-0.15, -0.1) is 0 Å². The molecule has 4 nitrogen and oxygen atoms in total. The summed E-state index contributed by atoms with van der Waals surface area (Å²) in [7, 11) is 0. The number of ether oxygens (including phenoxy) is 2. The first-order valence-electron chi connectivity index (χ1n) is 7.40. The zero-order valence-corrected chi connectivity index (χ0v) is 13.3. The number of benzene rings is 1. The summed E-state index contributed by atoms with van der Waals surface area (Å²) in [4.78, 5) is 10.5. The van der Waals surface area contributed by atoms with Crippen LogP contribution in [-0.2, 0) is 16.0 Å². The van der Waals surface area contributed by atoms with Gasteiger partial charge in [-0.2, -0.15) is 0 Å². The van der Waals surface area contributed by atoms with Crippen LogP contribution in [0, 0.1) is 20.8 Å². The maximum atomic E-state index is 10.5. The van der Waals surface area contributed by atoms with Crippen LogP contribution in [-0.4, -0.2) is 29.9 Å². The van der Waals surface area contributed by atoms with Crippen LogP contribution in [0.25, 0.3) is 0 Å². The van der Waals surface area contributed by atoms with Crippen LogP contribution in [0.15, 0.2) is 6.07 Å². The van der Waals surface area contributed by atoms with Crippen LogP contribution in [0.2, 0.25) is 0 Å². The Morgan fingerprint density at radius 3 is 2.76 bits per heavy atom. The summed E-state index contributed by atoms with van der Waals surface area (Å²) in [5.74, 6) is 0.0802. The Morgan fingerprint density at radius 2 is 2.10 bits per heavy atom. The molecule has 0 amide bonds. The van der Waals surface area contributed by atoms with Crippen molar-refractivity contribution in [2.24, 2.45) is 0 Å². The van der Waals surface area contributed by atoms with Crippen LogP contribution in [0.3, 0.4) is 0 Å². The molecule has 1 N–H and O–H groups in total. The van der Waals surface area contributed by atoms with Gasteiger partial charge in [0.25, 0.3) is 0 Å². The second kappa shape index (κ2) is 6.06. The number of carboxylic acid groups (broad SMARTS) is 1. The van der Waals surface area contributed by atoms with Crippen LogP contribution < -0.4 is 4.74 Å². The van der Waals surface area contributed by atoms with Crippen molar-refractivity contribution >= 4 is 5.97 Å². The molecule has 0 saturated carbocycles. The van der Waals surface area contributed by atoms with Crippen molar-refractivity contribution in [3.63, 3.8) is 0 Å². The molecular formula is C17H24O4. The molecule has 1 aromatic carbocycles. The SMILES string of the molecule is Cc1cc(C)c2c(c1C)OC(C)(CCOCC(=O)O)CC2. The number of aryl methyl sites for hydroxylation is 2. The molecule has 0 saturated heterocycles. The summed E-state index contributed by atoms with van der Waals surface area (Å²) < 4.78 is 11.4. The third-order valence-electron chi connectivity index (χ3n) is 4.37. The predicted octanol–water partition coefficient (Wildman–Crippen LogP) is 3.19. The highest BCUT2D eigenvalue weighted by Crippen LogP contribution is 2.40. The lowest BCUT2D eigenvalue weighted by Gasteiger charge is -2.37. The normalized spacial score (nSPS) is 20.8. The number of fused-ring (bicyclic) bond motifs is 1. The zero-order valence-electron chi connectivity index (χ0n) is 13.3. The first kappa shape index (κ1) is 15.8. The predicted molar refractivity (Wildman–Crippen MR) is 81.1 cm³/mol. The van der Waals surface area contributed by atoms with Gasteiger partial charge in [0.15, 0.2) is 0 Å². The lowest BCUT2D eigenvalue weighted by molar-refractivity contribution is -0.142. The van der Waals surface area contributed by atoms with Crippen molar-refractivity contribution in [3.8, 4) is 5.75 Å². The average molecular weight is 292 g/mol. The fourth-order valence-corrected chi connectivity index (χ4v) is 2.86. The van der Waals surface area contributed by atoms with Gasteiger partial charge < -0.3 is 14.6 Å². The molecule has 1 atom stereocenters. The maximum absolute atomic E-state index is 10.5. The van der Waals surface area contributed by atoms with E-state index < -0.39 is 5.97 Å². The Kier molecular flexibility index (Phi) is 4.57. The Bertz CT molecular complexity index is 550. The summed E-state index contributed by atoms with van der Waals surface area (Å²) in [6.45, 7) is 8.57. The van der Waals surface area contributed by atoms with E-state index in [-0.39, 0.29) is 12.2 Å². The van der Waals surface area contributed by atoms with E-state index >= 15 is 0 Å². The number of carboxylic acids is 1. The summed E-state index contributed by atoms with van der Waals surface area (Å²) in [6, 6.07) is 2.22. The minimum Gasteiger partial charge on any atom is -0.487 e. The Morgan fingerprint density at radius 1 is 1.38 bits per heavy atom. The summed E-state index contributed by atoms with van der Waals surface area (Å²) in [6.07, 6.45) is 2.63. The van der Waals surface area contributed by atoms with Crippen LogP contribution in [0.5, 0.6) is 5.75 Å². The van der Waals surface area contributed by atoms with Crippen molar-refractivity contribution in [1.29, 1.82) is 0 Å². The second-order valence-corrected chi connectivity index (χ2v) is 6.19. The number of hydrogen-bond acceptors (Lipinski definition) is 3. The fourth-order valence-electron chi connectivity index (χ4n) is 2.86. The molecule has 116 valence electrons. The minimum atomic E-state index is -0.933. The zero-order chi connectivity index (χ0) is 15.6. The smallest absolute Gasteiger partial charge is 0.329 e. The van der Waals surface area contributed by atoms with Crippen LogP contribution in [0.1, 0.15) is 42.0 Å². The highest BCUT2D eigenvalue weighted by Gasteiger charge is 2.33. The third-order valence-corrected chi connectivity index (χ3v) is 4.37. The second-order valence-electron chi connectivity index (χ2n) is 6.19. The third kappa shape index (κ3) is 3.56. The topological polar surface area (TPSA) is 55.8 Å². The number of aliphatic carboxylic acids is 1. The number of hydrogen-bond donors (Lipinski definition) is 1. The van der Waals surface area contributed by atoms with Gasteiger partial charge in [0.1, 0.15) is 18.0 Å². The van der Waals surface area contributed by atoms with E-state index in [4.69, 9.17) is 14.6 Å². The van der Waals surface area contributed by atoms with Crippen molar-refractivity contribution in [2.45, 2.75) is 52.6 Å². The lowest BCUT2D eigenvalue weighted by atomic mass is 9.86. The molecule has 0 spiro atoms. The molecule has 1 aliphatic rings. The fraction of sp³-hybridized carbons (Fsp3) is 0.588. The van der Waals surface area contributed by atoms with Crippen LogP contribution in [0.4, 0.5) is 0 Å². The monoisotopic (exact) mass is 292 g/mol. The van der Waals surface area contributed by atoms with Gasteiger partial charge >= 0.3 is 5.97 Å². The maximum Gasteiger partial charge on any atom is 0.329 e. The minimum absolute atomic E-state index is 0.246. The molecule has 1 aliphatic heterocycles. The summed E-state index contributed by atoms with van der Waals surface area (Å²) >= 11 is 0. The standard InChI is InChI=1S/C17H24O4/c1-11-9-12(2)14-5-6-17(4,21-16(14)13(11)3)7-8-20-10-15(18)19/h9H,5-8,10H2,1-4H3,(H,18,19). The number of rotatable bonds is 5. The van der Waals surface area contributed by atoms with E-state index in [1.54, 1.807) is 0 Å². The first-order valence-corrected chi connectivity index (χ1v) is 7.40. The van der Waals surface area contributed by atoms with Crippen LogP contribution >= 0.6 is 0 Å². The van der Waals surface area contributed by atoms with Crippen molar-refractivity contribution in [2.75, 3.05) is 13.2 Å². The molecule has 1 unspecified atom stereocenters. The molecule has 0 radical (unpaired) electrons. The van der Waals surface area contributed by atoms with Crippen molar-refractivity contribution in [1.82, 2.24) is 0 Å². The molecule has 0 fully saturated rings. The molecule has 0 bridgehead atoms. The van der Waals surface area contributed by atoms with Gasteiger partial charge in [-0.3, -0.25) is 0 Å². The van der Waals surface area contributed by atoms with Gasteiger partial charge in [-0.25, -0.2) is 4.79 Å². The molecule has 2 rings (SSSR count). The Hall–Kier alpha value is -1.55. The molecule has 0 aromatic heterocycles. The van der Waals surface area contributed by atoms with E-state index in [2.05, 4.69) is 33.8 Å². The van der Waals surface area contributed by atoms with Gasteiger partial charge in [0.05, 0.1) is 6.61 Å². The largest absolute Gasteiger partial charge is 0.487 e. The van der Waals surface area contributed by atoms with Gasteiger partial charge in [0.2, 0.25) is 0 Å². The Balaban J connectivity index is 2.09. The summed E-state index contributed by atoms with van der Waals surface area (Å²) in [5.41, 5.74) is 4.76. The molecule has 21 heavy (non-hydrogen) atoms. The van der Waals surface area contributed by atoms with E-state index in [0.717, 1.165) is 18.6 Å². The molecule has 4 heteroatoms. The highest BCUT2D eigenvalue weighted by molar-refractivity contribution is 5.67. The van der Waals surface area contributed by atoms with E-state index in [1.165, 1.54) is 22.3 Å². The van der Waals surface area contributed by atoms with Crippen molar-refractivity contribution < 1.29 is 19.4 Å². The van der Waals surface area contributed by atoms with Gasteiger partial charge in [0, 0.05) is 6.42 Å². The Labute approximate surface area is 126 Å². The average Bonchev–Trinajstić information content (AvgIpc) is 2.41. The number of carbonyl (C=O) groups is 1. The molecule has 1 heterocycles. The van der Waals surface area contributed by atoms with E-state index in [0.29, 0.717) is 13.0 Å². The lowest BCUT2D eigenvalue weighted by Crippen LogP contribution is -2.38. The molecule has 0 aliphatic carbocycles. The summed E-state index contributed by atoms with van der Waals surface area (Å²) in [5, 5.41) is 8.59. The van der Waals surface area contributed by atoms with E-state index in [1.807, 2.05) is 0 Å². The van der Waals surface area contributed by atoms with Gasteiger partial charge in [-0.1, -0.05) is 6.07 Å². The highest BCUT2D eigenvalue weighted by atomic mass is 16.5.